The summed E-state index contributed by atoms with van der Waals surface area (Å²) in [5.74, 6) is 0.663. The number of methoxy groups -OCH3 is 1. The monoisotopic (exact) mass is 411 g/mol. The van der Waals surface area contributed by atoms with Gasteiger partial charge < -0.3 is 14.6 Å². The molecule has 5 rings (SSSR count). The minimum Gasteiger partial charge on any atom is -0.465 e. The first-order valence-electron chi connectivity index (χ1n) is 10.7. The maximum absolute atomic E-state index is 12.4. The van der Waals surface area contributed by atoms with E-state index in [1.165, 1.54) is 23.8 Å². The van der Waals surface area contributed by atoms with Crippen LogP contribution >= 0.6 is 0 Å². The molecule has 31 heavy (non-hydrogen) atoms. The summed E-state index contributed by atoms with van der Waals surface area (Å²) in [6.45, 7) is 3.04. The number of fused-ring (bicyclic) bond motifs is 1. The number of ether oxygens (including phenoxy) is 1. The fourth-order valence-corrected chi connectivity index (χ4v) is 4.11. The molecule has 5 nitrogen and oxygen atoms in total. The summed E-state index contributed by atoms with van der Waals surface area (Å²) in [5.41, 5.74) is 6.01. The number of carbonyl (C=O) groups is 1. The molecule has 1 fully saturated rings. The lowest BCUT2D eigenvalue weighted by Crippen LogP contribution is -2.08. The number of aryl methyl sites for hydroxylation is 1. The van der Waals surface area contributed by atoms with Crippen molar-refractivity contribution in [2.24, 2.45) is 0 Å². The molecule has 4 aromatic rings. The van der Waals surface area contributed by atoms with Crippen molar-refractivity contribution in [2.45, 2.75) is 32.2 Å². The number of nitrogens with zero attached hydrogens (tertiary/aromatic N) is 2. The summed E-state index contributed by atoms with van der Waals surface area (Å²) in [4.78, 5) is 17.0. The first-order valence-corrected chi connectivity index (χ1v) is 10.7. The Hall–Kier alpha value is -3.60. The van der Waals surface area contributed by atoms with E-state index in [0.29, 0.717) is 17.3 Å². The molecule has 0 spiro atoms. The van der Waals surface area contributed by atoms with Crippen LogP contribution in [0.1, 0.15) is 41.6 Å². The number of hydrogen-bond acceptors (Lipinski definition) is 4. The molecule has 1 N–H and O–H groups in total. The predicted molar refractivity (Wildman–Crippen MR) is 124 cm³/mol. The molecule has 0 bridgehead atoms. The van der Waals surface area contributed by atoms with Gasteiger partial charge in [-0.25, -0.2) is 9.78 Å². The molecule has 1 aliphatic carbocycles. The van der Waals surface area contributed by atoms with E-state index in [1.54, 1.807) is 0 Å². The Kier molecular flexibility index (Phi) is 4.94. The van der Waals surface area contributed by atoms with E-state index in [1.807, 2.05) is 24.4 Å². The van der Waals surface area contributed by atoms with Crippen LogP contribution in [0.25, 0.3) is 22.0 Å². The van der Waals surface area contributed by atoms with Crippen molar-refractivity contribution in [1.82, 2.24) is 9.55 Å². The Morgan fingerprint density at radius 2 is 1.97 bits per heavy atom. The Morgan fingerprint density at radius 1 is 1.16 bits per heavy atom. The van der Waals surface area contributed by atoms with Gasteiger partial charge >= 0.3 is 5.97 Å². The second-order valence-electron chi connectivity index (χ2n) is 7.98. The van der Waals surface area contributed by atoms with Crippen LogP contribution < -0.4 is 5.32 Å². The highest BCUT2D eigenvalue weighted by Gasteiger charge is 2.26. The lowest BCUT2D eigenvalue weighted by molar-refractivity contribution is 0.0601. The summed E-state index contributed by atoms with van der Waals surface area (Å²) < 4.78 is 7.27. The number of hydrogen-bond donors (Lipinski definition) is 1. The lowest BCUT2D eigenvalue weighted by Gasteiger charge is -2.12. The minimum absolute atomic E-state index is 0.374. The van der Waals surface area contributed by atoms with Gasteiger partial charge in [0.15, 0.2) is 0 Å². The quantitative estimate of drug-likeness (QED) is 0.388. The van der Waals surface area contributed by atoms with Gasteiger partial charge in [0, 0.05) is 41.1 Å². The molecule has 2 aromatic carbocycles. The predicted octanol–water partition coefficient (Wildman–Crippen LogP) is 6.13. The van der Waals surface area contributed by atoms with Gasteiger partial charge in [-0.05, 0) is 61.1 Å². The molecule has 2 aromatic heterocycles. The average Bonchev–Trinajstić information content (AvgIpc) is 3.60. The fraction of sp³-hybridized carbons (Fsp3) is 0.231. The smallest absolute Gasteiger partial charge is 0.341 e. The zero-order valence-electron chi connectivity index (χ0n) is 17.8. The third-order valence-corrected chi connectivity index (χ3v) is 5.93. The second-order valence-corrected chi connectivity index (χ2v) is 7.98. The largest absolute Gasteiger partial charge is 0.465 e. The molecule has 1 saturated carbocycles. The first kappa shape index (κ1) is 19.4. The van der Waals surface area contributed by atoms with Gasteiger partial charge in [0.1, 0.15) is 11.4 Å². The SMILES string of the molecule is CCn1cc(-c2ccccc2)c2cc(Nc3ncc(C4CC4)cc3C(=O)OC)ccc21. The highest BCUT2D eigenvalue weighted by molar-refractivity contribution is 5.99. The van der Waals surface area contributed by atoms with E-state index >= 15 is 0 Å². The summed E-state index contributed by atoms with van der Waals surface area (Å²) in [7, 11) is 1.40. The Balaban J connectivity index is 1.56. The molecule has 156 valence electrons. The summed E-state index contributed by atoms with van der Waals surface area (Å²) >= 11 is 0. The first-order chi connectivity index (χ1) is 15.2. The zero-order valence-corrected chi connectivity index (χ0v) is 17.8. The highest BCUT2D eigenvalue weighted by atomic mass is 16.5. The molecule has 0 amide bonds. The molecule has 1 aliphatic rings. The number of benzene rings is 2. The number of anilines is 2. The van der Waals surface area contributed by atoms with Crippen LogP contribution in [0.4, 0.5) is 11.5 Å². The number of nitrogens with one attached hydrogen (secondary N) is 1. The van der Waals surface area contributed by atoms with Crippen LogP contribution in [0.2, 0.25) is 0 Å². The standard InChI is InChI=1S/C26H25N3O2/c1-3-29-16-23(18-7-5-4-6-8-18)21-14-20(11-12-24(21)29)28-25-22(26(30)31-2)13-19(15-27-25)17-9-10-17/h4-8,11-17H,3,9-10H2,1-2H3,(H,27,28). The Labute approximate surface area is 181 Å². The number of carbonyl (C=O) groups excluding carboxylic acids is 1. The van der Waals surface area contributed by atoms with Crippen molar-refractivity contribution in [3.63, 3.8) is 0 Å². The number of pyridine rings is 1. The molecule has 0 radical (unpaired) electrons. The van der Waals surface area contributed by atoms with Gasteiger partial charge in [-0.2, -0.15) is 0 Å². The van der Waals surface area contributed by atoms with E-state index in [0.717, 1.165) is 36.0 Å². The van der Waals surface area contributed by atoms with Crippen LogP contribution in [-0.4, -0.2) is 22.6 Å². The molecule has 5 heteroatoms. The number of esters is 1. The van der Waals surface area contributed by atoms with E-state index in [9.17, 15) is 4.79 Å². The Morgan fingerprint density at radius 3 is 2.68 bits per heavy atom. The van der Waals surface area contributed by atoms with Crippen molar-refractivity contribution < 1.29 is 9.53 Å². The van der Waals surface area contributed by atoms with Gasteiger partial charge in [-0.3, -0.25) is 0 Å². The van der Waals surface area contributed by atoms with Crippen molar-refractivity contribution >= 4 is 28.4 Å². The minimum atomic E-state index is -0.374. The number of rotatable bonds is 6. The summed E-state index contributed by atoms with van der Waals surface area (Å²) in [6.07, 6.45) is 6.38. The average molecular weight is 412 g/mol. The normalized spacial score (nSPS) is 13.4. The van der Waals surface area contributed by atoms with Crippen molar-refractivity contribution in [3.05, 3.63) is 78.1 Å². The third-order valence-electron chi connectivity index (χ3n) is 5.93. The third kappa shape index (κ3) is 3.67. The maximum Gasteiger partial charge on any atom is 0.341 e. The van der Waals surface area contributed by atoms with Crippen molar-refractivity contribution in [3.8, 4) is 11.1 Å². The van der Waals surface area contributed by atoms with Gasteiger partial charge in [-0.15, -0.1) is 0 Å². The second kappa shape index (κ2) is 7.91. The van der Waals surface area contributed by atoms with Crippen LogP contribution in [0, 0.1) is 0 Å². The molecule has 0 unspecified atom stereocenters. The van der Waals surface area contributed by atoms with Gasteiger partial charge in [0.2, 0.25) is 0 Å². The van der Waals surface area contributed by atoms with Crippen molar-refractivity contribution in [2.75, 3.05) is 12.4 Å². The lowest BCUT2D eigenvalue weighted by atomic mass is 10.0. The van der Waals surface area contributed by atoms with E-state index in [2.05, 4.69) is 64.4 Å². The molecule has 2 heterocycles. The summed E-state index contributed by atoms with van der Waals surface area (Å²) in [5, 5.41) is 4.51. The van der Waals surface area contributed by atoms with E-state index < -0.39 is 0 Å². The van der Waals surface area contributed by atoms with Crippen molar-refractivity contribution in [1.29, 1.82) is 0 Å². The molecule has 0 saturated heterocycles. The van der Waals surface area contributed by atoms with Gasteiger partial charge in [0.25, 0.3) is 0 Å². The highest BCUT2D eigenvalue weighted by Crippen LogP contribution is 2.41. The van der Waals surface area contributed by atoms with Gasteiger partial charge in [-0.1, -0.05) is 30.3 Å². The maximum atomic E-state index is 12.4. The van der Waals surface area contributed by atoms with Crippen LogP contribution in [0.5, 0.6) is 0 Å². The molecular weight excluding hydrogens is 386 g/mol. The Bertz CT molecular complexity index is 1260. The van der Waals surface area contributed by atoms with Crippen LogP contribution in [-0.2, 0) is 11.3 Å². The van der Waals surface area contributed by atoms with Gasteiger partial charge in [0.05, 0.1) is 7.11 Å². The fourth-order valence-electron chi connectivity index (χ4n) is 4.11. The van der Waals surface area contributed by atoms with E-state index in [4.69, 9.17) is 4.74 Å². The molecule has 0 aliphatic heterocycles. The topological polar surface area (TPSA) is 56.2 Å². The summed E-state index contributed by atoms with van der Waals surface area (Å²) in [6, 6.07) is 18.6. The molecule has 0 atom stereocenters. The van der Waals surface area contributed by atoms with E-state index in [-0.39, 0.29) is 5.97 Å². The number of aromatic nitrogens is 2. The zero-order chi connectivity index (χ0) is 21.4. The molecular formula is C26H25N3O2. The van der Waals surface area contributed by atoms with Crippen LogP contribution in [0.3, 0.4) is 0 Å². The van der Waals surface area contributed by atoms with Crippen LogP contribution in [0.15, 0.2) is 67.0 Å².